The van der Waals surface area contributed by atoms with Gasteiger partial charge in [-0.1, -0.05) is 0 Å². The predicted octanol–water partition coefficient (Wildman–Crippen LogP) is 1.56. The SMILES string of the molecule is CN1CCCC(CNCCc2ccncc2)C1. The topological polar surface area (TPSA) is 28.2 Å². The lowest BCUT2D eigenvalue weighted by atomic mass is 9.98. The standard InChI is InChI=1S/C14H23N3/c1-17-10-2-3-14(12-17)11-16-9-6-13-4-7-15-8-5-13/h4-5,7-8,14,16H,2-3,6,9-12H2,1H3. The highest BCUT2D eigenvalue weighted by Gasteiger charge is 2.16. The molecule has 0 bridgehead atoms. The first-order valence-electron chi connectivity index (χ1n) is 6.63. The van der Waals surface area contributed by atoms with Gasteiger partial charge in [-0.25, -0.2) is 0 Å². The predicted molar refractivity (Wildman–Crippen MR) is 71.0 cm³/mol. The zero-order chi connectivity index (χ0) is 11.9. The largest absolute Gasteiger partial charge is 0.316 e. The van der Waals surface area contributed by atoms with Gasteiger partial charge in [-0.15, -0.1) is 0 Å². The van der Waals surface area contributed by atoms with Gasteiger partial charge in [0.15, 0.2) is 0 Å². The zero-order valence-corrected chi connectivity index (χ0v) is 10.7. The van der Waals surface area contributed by atoms with E-state index in [1.54, 1.807) is 0 Å². The molecule has 1 aromatic rings. The summed E-state index contributed by atoms with van der Waals surface area (Å²) >= 11 is 0. The molecule has 2 rings (SSSR count). The number of rotatable bonds is 5. The number of piperidine rings is 1. The van der Waals surface area contributed by atoms with Crippen LogP contribution in [0.15, 0.2) is 24.5 Å². The van der Waals surface area contributed by atoms with Gasteiger partial charge >= 0.3 is 0 Å². The van der Waals surface area contributed by atoms with Crippen molar-refractivity contribution in [3.8, 4) is 0 Å². The van der Waals surface area contributed by atoms with Gasteiger partial charge in [-0.2, -0.15) is 0 Å². The van der Waals surface area contributed by atoms with Crippen LogP contribution < -0.4 is 5.32 Å². The highest BCUT2D eigenvalue weighted by Crippen LogP contribution is 2.13. The van der Waals surface area contributed by atoms with Crippen molar-refractivity contribution in [1.29, 1.82) is 0 Å². The molecule has 1 aliphatic heterocycles. The monoisotopic (exact) mass is 233 g/mol. The third-order valence-electron chi connectivity index (χ3n) is 3.49. The highest BCUT2D eigenvalue weighted by atomic mass is 15.1. The van der Waals surface area contributed by atoms with Crippen molar-refractivity contribution < 1.29 is 0 Å². The lowest BCUT2D eigenvalue weighted by Gasteiger charge is -2.29. The van der Waals surface area contributed by atoms with Crippen molar-refractivity contribution in [2.45, 2.75) is 19.3 Å². The van der Waals surface area contributed by atoms with E-state index in [-0.39, 0.29) is 0 Å². The molecule has 0 aliphatic carbocycles. The summed E-state index contributed by atoms with van der Waals surface area (Å²) < 4.78 is 0. The van der Waals surface area contributed by atoms with E-state index in [0.29, 0.717) is 0 Å². The van der Waals surface area contributed by atoms with Gasteiger partial charge in [-0.05, 0) is 69.6 Å². The van der Waals surface area contributed by atoms with E-state index in [1.165, 1.54) is 31.5 Å². The maximum absolute atomic E-state index is 4.03. The Morgan fingerprint density at radius 2 is 2.24 bits per heavy atom. The van der Waals surface area contributed by atoms with Crippen molar-refractivity contribution in [3.63, 3.8) is 0 Å². The average molecular weight is 233 g/mol. The molecular weight excluding hydrogens is 210 g/mol. The maximum atomic E-state index is 4.03. The first kappa shape index (κ1) is 12.5. The summed E-state index contributed by atoms with van der Waals surface area (Å²) in [5, 5.41) is 3.58. The fourth-order valence-corrected chi connectivity index (χ4v) is 2.53. The van der Waals surface area contributed by atoms with E-state index >= 15 is 0 Å². The Labute approximate surface area is 104 Å². The first-order valence-corrected chi connectivity index (χ1v) is 6.63. The fourth-order valence-electron chi connectivity index (χ4n) is 2.53. The molecule has 1 unspecified atom stereocenters. The second-order valence-electron chi connectivity index (χ2n) is 5.08. The summed E-state index contributed by atoms with van der Waals surface area (Å²) in [6, 6.07) is 4.19. The minimum atomic E-state index is 0.839. The molecule has 0 saturated carbocycles. The molecule has 1 aliphatic rings. The Bertz CT molecular complexity index is 313. The highest BCUT2D eigenvalue weighted by molar-refractivity contribution is 5.09. The van der Waals surface area contributed by atoms with Crippen LogP contribution in [0.4, 0.5) is 0 Å². The quantitative estimate of drug-likeness (QED) is 0.782. The van der Waals surface area contributed by atoms with Crippen LogP contribution in [0, 0.1) is 5.92 Å². The van der Waals surface area contributed by atoms with Crippen molar-refractivity contribution in [2.75, 3.05) is 33.2 Å². The molecule has 2 heterocycles. The van der Waals surface area contributed by atoms with Crippen LogP contribution in [0.5, 0.6) is 0 Å². The van der Waals surface area contributed by atoms with Gasteiger partial charge in [0, 0.05) is 18.9 Å². The van der Waals surface area contributed by atoms with Gasteiger partial charge in [-0.3, -0.25) is 4.98 Å². The lowest BCUT2D eigenvalue weighted by Crippen LogP contribution is -2.37. The van der Waals surface area contributed by atoms with Crippen LogP contribution in [-0.4, -0.2) is 43.1 Å². The molecule has 94 valence electrons. The van der Waals surface area contributed by atoms with Crippen LogP contribution in [0.3, 0.4) is 0 Å². The van der Waals surface area contributed by atoms with E-state index in [1.807, 2.05) is 12.4 Å². The summed E-state index contributed by atoms with van der Waals surface area (Å²) in [5.74, 6) is 0.839. The van der Waals surface area contributed by atoms with Crippen molar-refractivity contribution in [1.82, 2.24) is 15.2 Å². The number of hydrogen-bond donors (Lipinski definition) is 1. The Morgan fingerprint density at radius 1 is 1.41 bits per heavy atom. The van der Waals surface area contributed by atoms with Crippen LogP contribution >= 0.6 is 0 Å². The van der Waals surface area contributed by atoms with Crippen LogP contribution in [0.2, 0.25) is 0 Å². The average Bonchev–Trinajstić information content (AvgIpc) is 2.36. The molecule has 1 saturated heterocycles. The minimum absolute atomic E-state index is 0.839. The van der Waals surface area contributed by atoms with E-state index in [0.717, 1.165) is 25.4 Å². The number of nitrogens with zero attached hydrogens (tertiary/aromatic N) is 2. The number of pyridine rings is 1. The number of hydrogen-bond acceptors (Lipinski definition) is 3. The Balaban J connectivity index is 1.60. The molecule has 0 amide bonds. The Hall–Kier alpha value is -0.930. The smallest absolute Gasteiger partial charge is 0.0270 e. The van der Waals surface area contributed by atoms with Crippen LogP contribution in [0.25, 0.3) is 0 Å². The van der Waals surface area contributed by atoms with Crippen molar-refractivity contribution in [2.24, 2.45) is 5.92 Å². The Morgan fingerprint density at radius 3 is 3.00 bits per heavy atom. The minimum Gasteiger partial charge on any atom is -0.316 e. The number of nitrogens with one attached hydrogen (secondary N) is 1. The van der Waals surface area contributed by atoms with E-state index in [2.05, 4.69) is 34.4 Å². The van der Waals surface area contributed by atoms with E-state index in [9.17, 15) is 0 Å². The number of aromatic nitrogens is 1. The molecule has 0 radical (unpaired) electrons. The summed E-state index contributed by atoms with van der Waals surface area (Å²) in [4.78, 5) is 6.47. The zero-order valence-electron chi connectivity index (χ0n) is 10.7. The summed E-state index contributed by atoms with van der Waals surface area (Å²) in [7, 11) is 2.23. The molecule has 0 spiro atoms. The van der Waals surface area contributed by atoms with Crippen molar-refractivity contribution >= 4 is 0 Å². The van der Waals surface area contributed by atoms with Gasteiger partial charge in [0.1, 0.15) is 0 Å². The van der Waals surface area contributed by atoms with E-state index < -0.39 is 0 Å². The summed E-state index contributed by atoms with van der Waals surface area (Å²) in [5.41, 5.74) is 1.37. The van der Waals surface area contributed by atoms with Crippen LogP contribution in [-0.2, 0) is 6.42 Å². The molecule has 1 N–H and O–H groups in total. The second kappa shape index (κ2) is 6.72. The summed E-state index contributed by atoms with van der Waals surface area (Å²) in [6.07, 6.45) is 7.57. The maximum Gasteiger partial charge on any atom is 0.0270 e. The molecule has 1 aromatic heterocycles. The molecular formula is C14H23N3. The van der Waals surface area contributed by atoms with Gasteiger partial charge in [0.05, 0.1) is 0 Å². The molecule has 3 heteroatoms. The fraction of sp³-hybridized carbons (Fsp3) is 0.643. The Kier molecular flexibility index (Phi) is 4.95. The lowest BCUT2D eigenvalue weighted by molar-refractivity contribution is 0.206. The van der Waals surface area contributed by atoms with Gasteiger partial charge < -0.3 is 10.2 Å². The molecule has 0 aromatic carbocycles. The molecule has 3 nitrogen and oxygen atoms in total. The third kappa shape index (κ3) is 4.44. The first-order chi connectivity index (χ1) is 8.34. The molecule has 1 atom stereocenters. The van der Waals surface area contributed by atoms with Crippen molar-refractivity contribution in [3.05, 3.63) is 30.1 Å². The van der Waals surface area contributed by atoms with Crippen LogP contribution in [0.1, 0.15) is 18.4 Å². The van der Waals surface area contributed by atoms with Gasteiger partial charge in [0.2, 0.25) is 0 Å². The second-order valence-corrected chi connectivity index (χ2v) is 5.08. The molecule has 1 fully saturated rings. The van der Waals surface area contributed by atoms with E-state index in [4.69, 9.17) is 0 Å². The van der Waals surface area contributed by atoms with Gasteiger partial charge in [0.25, 0.3) is 0 Å². The third-order valence-corrected chi connectivity index (χ3v) is 3.49. The number of likely N-dealkylation sites (tertiary alicyclic amines) is 1. The normalized spacial score (nSPS) is 21.6. The molecule has 17 heavy (non-hydrogen) atoms. The summed E-state index contributed by atoms with van der Waals surface area (Å²) in [6.45, 7) is 4.76.